The zero-order valence-corrected chi connectivity index (χ0v) is 14.4. The molecule has 1 amide bonds. The Balaban J connectivity index is 1.66. The molecule has 0 saturated heterocycles. The van der Waals surface area contributed by atoms with Gasteiger partial charge in [0.25, 0.3) is 5.91 Å². The Hall–Kier alpha value is -2.91. The van der Waals surface area contributed by atoms with E-state index in [0.29, 0.717) is 30.0 Å². The number of rotatable bonds is 5. The van der Waals surface area contributed by atoms with Crippen LogP contribution in [-0.4, -0.2) is 29.8 Å². The molecule has 0 bridgehead atoms. The van der Waals surface area contributed by atoms with E-state index >= 15 is 0 Å². The summed E-state index contributed by atoms with van der Waals surface area (Å²) in [6.45, 7) is 2.00. The Labute approximate surface area is 151 Å². The van der Waals surface area contributed by atoms with E-state index in [9.17, 15) is 19.6 Å². The molecule has 26 heavy (non-hydrogen) atoms. The summed E-state index contributed by atoms with van der Waals surface area (Å²) >= 11 is 0. The summed E-state index contributed by atoms with van der Waals surface area (Å²) in [4.78, 5) is 14.3. The number of hydrogen-bond donors (Lipinski definition) is 1. The van der Waals surface area contributed by atoms with Crippen molar-refractivity contribution in [3.63, 3.8) is 0 Å². The number of nitriles is 1. The number of ether oxygens (including phenoxy) is 1. The highest BCUT2D eigenvalue weighted by atomic mass is 19.1. The minimum Gasteiger partial charge on any atom is -0.493 e. The van der Waals surface area contributed by atoms with Crippen molar-refractivity contribution < 1.29 is 19.0 Å². The van der Waals surface area contributed by atoms with E-state index in [0.717, 1.165) is 5.56 Å². The van der Waals surface area contributed by atoms with Crippen LogP contribution >= 0.6 is 0 Å². The molecule has 0 aromatic heterocycles. The zero-order chi connectivity index (χ0) is 18.7. The average molecular weight is 354 g/mol. The molecule has 0 radical (unpaired) electrons. The lowest BCUT2D eigenvalue weighted by molar-refractivity contribution is -0.136. The largest absolute Gasteiger partial charge is 0.493 e. The standard InChI is InChI=1S/C20H19FN2O3/c1-20(25,10-12-26-16-7-5-15(21)6-8-16)19(24)23-11-9-17-14(13-22)3-2-4-18(17)23/h2-8,25H,9-12H2,1H3/t20-/m0/s1. The molecule has 6 heteroatoms. The van der Waals surface area contributed by atoms with Gasteiger partial charge >= 0.3 is 0 Å². The van der Waals surface area contributed by atoms with E-state index < -0.39 is 11.5 Å². The van der Waals surface area contributed by atoms with E-state index in [1.54, 1.807) is 18.2 Å². The van der Waals surface area contributed by atoms with Crippen molar-refractivity contribution in [1.82, 2.24) is 0 Å². The second-order valence-electron chi connectivity index (χ2n) is 6.45. The molecule has 1 heterocycles. The molecule has 1 aliphatic rings. The predicted octanol–water partition coefficient (Wildman–Crippen LogP) is 2.81. The van der Waals surface area contributed by atoms with Gasteiger partial charge in [0.15, 0.2) is 0 Å². The first-order valence-corrected chi connectivity index (χ1v) is 8.37. The maximum atomic E-state index is 12.9. The Bertz CT molecular complexity index is 856. The monoisotopic (exact) mass is 354 g/mol. The number of hydrogen-bond acceptors (Lipinski definition) is 4. The average Bonchev–Trinajstić information content (AvgIpc) is 3.06. The summed E-state index contributed by atoms with van der Waals surface area (Å²) in [5, 5.41) is 19.8. The molecule has 1 atom stereocenters. The second kappa shape index (κ2) is 7.14. The fourth-order valence-corrected chi connectivity index (χ4v) is 3.05. The smallest absolute Gasteiger partial charge is 0.258 e. The third-order valence-electron chi connectivity index (χ3n) is 4.53. The van der Waals surface area contributed by atoms with Crippen LogP contribution in [0.4, 0.5) is 10.1 Å². The summed E-state index contributed by atoms with van der Waals surface area (Å²) in [7, 11) is 0. The van der Waals surface area contributed by atoms with Gasteiger partial charge < -0.3 is 14.7 Å². The number of fused-ring (bicyclic) bond motifs is 1. The van der Waals surface area contributed by atoms with E-state index in [1.165, 1.54) is 36.1 Å². The van der Waals surface area contributed by atoms with Gasteiger partial charge in [-0.1, -0.05) is 6.07 Å². The molecule has 5 nitrogen and oxygen atoms in total. The van der Waals surface area contributed by atoms with Crippen molar-refractivity contribution in [2.45, 2.75) is 25.4 Å². The van der Waals surface area contributed by atoms with E-state index in [4.69, 9.17) is 4.74 Å². The minimum atomic E-state index is -1.61. The molecule has 0 aliphatic carbocycles. The second-order valence-corrected chi connectivity index (χ2v) is 6.45. The van der Waals surface area contributed by atoms with Gasteiger partial charge in [0.2, 0.25) is 0 Å². The van der Waals surface area contributed by atoms with Crippen LogP contribution in [0.3, 0.4) is 0 Å². The van der Waals surface area contributed by atoms with Crippen LogP contribution in [0.2, 0.25) is 0 Å². The van der Waals surface area contributed by atoms with E-state index in [2.05, 4.69) is 6.07 Å². The number of anilines is 1. The highest BCUT2D eigenvalue weighted by molar-refractivity contribution is 6.01. The van der Waals surface area contributed by atoms with Crippen molar-refractivity contribution in [1.29, 1.82) is 5.26 Å². The molecule has 134 valence electrons. The minimum absolute atomic E-state index is 0.0903. The number of nitrogens with zero attached hydrogens (tertiary/aromatic N) is 2. The SMILES string of the molecule is C[C@](O)(CCOc1ccc(F)cc1)C(=O)N1CCc2c(C#N)cccc21. The van der Waals surface area contributed by atoms with Crippen molar-refractivity contribution in [2.75, 3.05) is 18.1 Å². The van der Waals surface area contributed by atoms with Gasteiger partial charge in [-0.25, -0.2) is 4.39 Å². The van der Waals surface area contributed by atoms with Gasteiger partial charge in [0.05, 0.1) is 18.2 Å². The Morgan fingerprint density at radius 1 is 1.35 bits per heavy atom. The Morgan fingerprint density at radius 3 is 2.77 bits per heavy atom. The number of amides is 1. The molecule has 1 N–H and O–H groups in total. The van der Waals surface area contributed by atoms with E-state index in [-0.39, 0.29) is 18.8 Å². The fraction of sp³-hybridized carbons (Fsp3) is 0.300. The van der Waals surface area contributed by atoms with Gasteiger partial charge in [-0.05, 0) is 55.3 Å². The number of benzene rings is 2. The van der Waals surface area contributed by atoms with Gasteiger partial charge in [-0.15, -0.1) is 0 Å². The Morgan fingerprint density at radius 2 is 2.08 bits per heavy atom. The molecule has 0 unspecified atom stereocenters. The molecule has 3 rings (SSSR count). The van der Waals surface area contributed by atoms with Crippen molar-refractivity contribution in [3.05, 3.63) is 59.4 Å². The highest BCUT2D eigenvalue weighted by Crippen LogP contribution is 2.32. The maximum absolute atomic E-state index is 12.9. The quantitative estimate of drug-likeness (QED) is 0.896. The van der Waals surface area contributed by atoms with Crippen LogP contribution < -0.4 is 9.64 Å². The first kappa shape index (κ1) is 17.9. The predicted molar refractivity (Wildman–Crippen MR) is 94.3 cm³/mol. The van der Waals surface area contributed by atoms with Crippen LogP contribution in [0.1, 0.15) is 24.5 Å². The molecule has 1 aliphatic heterocycles. The number of halogens is 1. The molecular weight excluding hydrogens is 335 g/mol. The Kier molecular flexibility index (Phi) is 4.92. The maximum Gasteiger partial charge on any atom is 0.258 e. The summed E-state index contributed by atoms with van der Waals surface area (Å²) in [5.41, 5.74) is 0.456. The third kappa shape index (κ3) is 3.53. The van der Waals surface area contributed by atoms with E-state index in [1.807, 2.05) is 0 Å². The first-order chi connectivity index (χ1) is 12.4. The molecule has 0 fully saturated rings. The van der Waals surface area contributed by atoms with Crippen molar-refractivity contribution in [2.24, 2.45) is 0 Å². The van der Waals surface area contributed by atoms with Crippen molar-refractivity contribution >= 4 is 11.6 Å². The fourth-order valence-electron chi connectivity index (χ4n) is 3.05. The van der Waals surface area contributed by atoms with Crippen LogP contribution in [0.15, 0.2) is 42.5 Å². The topological polar surface area (TPSA) is 73.6 Å². The van der Waals surface area contributed by atoms with Crippen molar-refractivity contribution in [3.8, 4) is 11.8 Å². The highest BCUT2D eigenvalue weighted by Gasteiger charge is 2.38. The van der Waals surface area contributed by atoms with Crippen LogP contribution in [-0.2, 0) is 11.2 Å². The molecule has 0 saturated carbocycles. The van der Waals surface area contributed by atoms with Gasteiger partial charge in [-0.2, -0.15) is 5.26 Å². The molecule has 0 spiro atoms. The van der Waals surface area contributed by atoms with Gasteiger partial charge in [0.1, 0.15) is 17.2 Å². The molecular formula is C20H19FN2O3. The number of carbonyl (C=O) groups is 1. The lowest BCUT2D eigenvalue weighted by Crippen LogP contribution is -2.47. The van der Waals surface area contributed by atoms with Crippen LogP contribution in [0.5, 0.6) is 5.75 Å². The lowest BCUT2D eigenvalue weighted by atomic mass is 10.0. The summed E-state index contributed by atoms with van der Waals surface area (Å²) < 4.78 is 18.4. The molecule has 2 aromatic carbocycles. The summed E-state index contributed by atoms with van der Waals surface area (Å²) in [5.74, 6) is -0.308. The van der Waals surface area contributed by atoms with Crippen LogP contribution in [0.25, 0.3) is 0 Å². The summed E-state index contributed by atoms with van der Waals surface area (Å²) in [6, 6.07) is 12.9. The normalized spacial score (nSPS) is 15.1. The number of aliphatic hydroxyl groups is 1. The van der Waals surface area contributed by atoms with Gasteiger partial charge in [0, 0.05) is 18.7 Å². The summed E-state index contributed by atoms with van der Waals surface area (Å²) in [6.07, 6.45) is 0.681. The zero-order valence-electron chi connectivity index (χ0n) is 14.4. The first-order valence-electron chi connectivity index (χ1n) is 8.37. The number of carbonyl (C=O) groups excluding carboxylic acids is 1. The molecule has 2 aromatic rings. The lowest BCUT2D eigenvalue weighted by Gasteiger charge is -2.28. The third-order valence-corrected chi connectivity index (χ3v) is 4.53. The van der Waals surface area contributed by atoms with Gasteiger partial charge in [-0.3, -0.25) is 4.79 Å². The van der Waals surface area contributed by atoms with Crippen LogP contribution in [0, 0.1) is 17.1 Å².